The van der Waals surface area contributed by atoms with Gasteiger partial charge in [-0.1, -0.05) is 12.1 Å². The number of ether oxygens (including phenoxy) is 1. The van der Waals surface area contributed by atoms with Gasteiger partial charge in [0.05, 0.1) is 18.5 Å². The van der Waals surface area contributed by atoms with Gasteiger partial charge in [-0.25, -0.2) is 9.97 Å². The molecule has 136 valence electrons. The molecule has 1 amide bonds. The van der Waals surface area contributed by atoms with Gasteiger partial charge < -0.3 is 10.5 Å². The minimum Gasteiger partial charge on any atom is -0.496 e. The van der Waals surface area contributed by atoms with E-state index in [1.54, 1.807) is 7.11 Å². The first-order valence-corrected chi connectivity index (χ1v) is 9.82. The number of hydrogen-bond donors (Lipinski definition) is 2. The Morgan fingerprint density at radius 3 is 2.81 bits per heavy atom. The number of amides is 1. The minimum absolute atomic E-state index is 0.283. The van der Waals surface area contributed by atoms with E-state index in [4.69, 9.17) is 10.5 Å². The normalized spacial score (nSPS) is 10.9. The zero-order valence-corrected chi connectivity index (χ0v) is 16.3. The molecular formula is C19H16N4O2S2. The average Bonchev–Trinajstić information content (AvgIpc) is 3.26. The predicted molar refractivity (Wildman–Crippen MR) is 111 cm³/mol. The van der Waals surface area contributed by atoms with Crippen LogP contribution in [0.5, 0.6) is 5.75 Å². The van der Waals surface area contributed by atoms with Gasteiger partial charge in [-0.2, -0.15) is 0 Å². The Morgan fingerprint density at radius 1 is 1.19 bits per heavy atom. The molecule has 0 aliphatic rings. The molecule has 0 saturated carbocycles. The molecule has 0 fully saturated rings. The van der Waals surface area contributed by atoms with E-state index in [2.05, 4.69) is 15.3 Å². The Labute approximate surface area is 163 Å². The van der Waals surface area contributed by atoms with Gasteiger partial charge in [0.2, 0.25) is 0 Å². The largest absolute Gasteiger partial charge is 0.496 e. The number of carbonyl (C=O) groups excluding carboxylic acids is 1. The van der Waals surface area contributed by atoms with E-state index in [0.717, 1.165) is 32.9 Å². The molecule has 4 rings (SSSR count). The minimum atomic E-state index is -0.283. The number of thiazole rings is 1. The molecule has 3 aromatic heterocycles. The number of nitrogens with one attached hydrogen (secondary N) is 1. The average molecular weight is 396 g/mol. The number of anilines is 2. The summed E-state index contributed by atoms with van der Waals surface area (Å²) in [6, 6.07) is 11.4. The van der Waals surface area contributed by atoms with Crippen LogP contribution in [0.2, 0.25) is 0 Å². The summed E-state index contributed by atoms with van der Waals surface area (Å²) in [5.74, 6) is 0.449. The first-order chi connectivity index (χ1) is 13.1. The maximum Gasteiger partial charge on any atom is 0.269 e. The van der Waals surface area contributed by atoms with Crippen LogP contribution in [0.1, 0.15) is 15.4 Å². The van der Waals surface area contributed by atoms with E-state index in [1.165, 1.54) is 22.7 Å². The third kappa shape index (κ3) is 3.24. The first kappa shape index (κ1) is 17.4. The number of nitrogens with zero attached hydrogens (tertiary/aromatic N) is 2. The molecule has 0 aliphatic heterocycles. The zero-order chi connectivity index (χ0) is 19.0. The molecule has 4 aromatic rings. The molecular weight excluding hydrogens is 380 g/mol. The molecule has 0 bridgehead atoms. The zero-order valence-electron chi connectivity index (χ0n) is 14.6. The van der Waals surface area contributed by atoms with E-state index >= 15 is 0 Å². The highest BCUT2D eigenvalue weighted by atomic mass is 32.1. The van der Waals surface area contributed by atoms with Gasteiger partial charge in [-0.3, -0.25) is 10.1 Å². The number of methoxy groups -OCH3 is 1. The van der Waals surface area contributed by atoms with Crippen LogP contribution in [0.15, 0.2) is 41.8 Å². The fourth-order valence-corrected chi connectivity index (χ4v) is 4.46. The standard InChI is InChI=1S/C19H16N4O2S2/c1-10-7-8-12-15(20)16(27-18(12)21-10)17(24)23-19-22-13(9-26-19)11-5-3-4-6-14(11)25-2/h3-9H,20H2,1-2H3,(H,22,23,24). The number of rotatable bonds is 4. The van der Waals surface area contributed by atoms with Gasteiger partial charge in [0.15, 0.2) is 5.13 Å². The van der Waals surface area contributed by atoms with Crippen molar-refractivity contribution in [2.45, 2.75) is 6.92 Å². The van der Waals surface area contributed by atoms with Gasteiger partial charge in [-0.05, 0) is 31.2 Å². The van der Waals surface area contributed by atoms with E-state index < -0.39 is 0 Å². The first-order valence-electron chi connectivity index (χ1n) is 8.12. The number of nitrogen functional groups attached to an aromatic ring is 1. The Balaban J connectivity index is 1.61. The Morgan fingerprint density at radius 2 is 2.00 bits per heavy atom. The Kier molecular flexibility index (Phi) is 4.51. The van der Waals surface area contributed by atoms with Crippen LogP contribution >= 0.6 is 22.7 Å². The van der Waals surface area contributed by atoms with Gasteiger partial charge >= 0.3 is 0 Å². The van der Waals surface area contributed by atoms with Crippen molar-refractivity contribution in [3.05, 3.63) is 52.3 Å². The molecule has 3 N–H and O–H groups in total. The van der Waals surface area contributed by atoms with Crippen molar-refractivity contribution in [2.75, 3.05) is 18.2 Å². The number of hydrogen-bond acceptors (Lipinski definition) is 7. The number of aromatic nitrogens is 2. The second-order valence-corrected chi connectivity index (χ2v) is 7.70. The van der Waals surface area contributed by atoms with Crippen molar-refractivity contribution in [1.82, 2.24) is 9.97 Å². The summed E-state index contributed by atoms with van der Waals surface area (Å²) in [5, 5.41) is 6.01. The van der Waals surface area contributed by atoms with Gasteiger partial charge in [0.25, 0.3) is 5.91 Å². The second-order valence-electron chi connectivity index (χ2n) is 5.84. The maximum atomic E-state index is 12.7. The molecule has 0 spiro atoms. The molecule has 0 atom stereocenters. The lowest BCUT2D eigenvalue weighted by Crippen LogP contribution is -2.11. The Bertz CT molecular complexity index is 1150. The van der Waals surface area contributed by atoms with Gasteiger partial charge in [-0.15, -0.1) is 22.7 Å². The lowest BCUT2D eigenvalue weighted by atomic mass is 10.1. The predicted octanol–water partition coefficient (Wildman–Crippen LogP) is 4.57. The topological polar surface area (TPSA) is 90.1 Å². The fourth-order valence-electron chi connectivity index (χ4n) is 2.72. The summed E-state index contributed by atoms with van der Waals surface area (Å²) in [6.07, 6.45) is 0. The highest BCUT2D eigenvalue weighted by Gasteiger charge is 2.19. The van der Waals surface area contributed by atoms with Crippen LogP contribution in [0.25, 0.3) is 21.5 Å². The number of fused-ring (bicyclic) bond motifs is 1. The van der Waals surface area contributed by atoms with Crippen LogP contribution in [0.4, 0.5) is 10.8 Å². The summed E-state index contributed by atoms with van der Waals surface area (Å²) in [7, 11) is 1.62. The quantitative estimate of drug-likeness (QED) is 0.527. The lowest BCUT2D eigenvalue weighted by Gasteiger charge is -2.05. The van der Waals surface area contributed by atoms with E-state index in [0.29, 0.717) is 15.7 Å². The van der Waals surface area contributed by atoms with Crippen LogP contribution in [0, 0.1) is 6.92 Å². The SMILES string of the molecule is COc1ccccc1-c1csc(NC(=O)c2sc3nc(C)ccc3c2N)n1. The van der Waals surface area contributed by atoms with Crippen molar-refractivity contribution < 1.29 is 9.53 Å². The van der Waals surface area contributed by atoms with E-state index in [1.807, 2.05) is 48.7 Å². The third-order valence-corrected chi connectivity index (χ3v) is 5.92. The smallest absolute Gasteiger partial charge is 0.269 e. The molecule has 0 aliphatic carbocycles. The highest BCUT2D eigenvalue weighted by molar-refractivity contribution is 7.21. The molecule has 8 heteroatoms. The number of carbonyl (C=O) groups is 1. The summed E-state index contributed by atoms with van der Waals surface area (Å²) in [5.41, 5.74) is 9.10. The molecule has 6 nitrogen and oxygen atoms in total. The van der Waals surface area contributed by atoms with E-state index in [-0.39, 0.29) is 5.91 Å². The number of pyridine rings is 1. The summed E-state index contributed by atoms with van der Waals surface area (Å²) >= 11 is 2.63. The second kappa shape index (κ2) is 6.98. The molecule has 1 aromatic carbocycles. The molecule has 3 heterocycles. The van der Waals surface area contributed by atoms with Gasteiger partial charge in [0.1, 0.15) is 15.5 Å². The number of nitrogens with two attached hydrogens (primary N) is 1. The molecule has 0 unspecified atom stereocenters. The fraction of sp³-hybridized carbons (Fsp3) is 0.105. The number of thiophene rings is 1. The molecule has 0 saturated heterocycles. The Hall–Kier alpha value is -2.97. The van der Waals surface area contributed by atoms with E-state index in [9.17, 15) is 4.79 Å². The monoisotopic (exact) mass is 396 g/mol. The summed E-state index contributed by atoms with van der Waals surface area (Å²) < 4.78 is 5.37. The van der Waals surface area contributed by atoms with Crippen LogP contribution in [-0.4, -0.2) is 23.0 Å². The van der Waals surface area contributed by atoms with Crippen molar-refractivity contribution in [2.24, 2.45) is 0 Å². The van der Waals surface area contributed by atoms with Crippen LogP contribution < -0.4 is 15.8 Å². The summed E-state index contributed by atoms with van der Waals surface area (Å²) in [4.78, 5) is 22.8. The van der Waals surface area contributed by atoms with Crippen LogP contribution in [-0.2, 0) is 0 Å². The molecule has 0 radical (unpaired) electrons. The lowest BCUT2D eigenvalue weighted by molar-refractivity contribution is 0.103. The number of benzene rings is 1. The van der Waals surface area contributed by atoms with Crippen LogP contribution in [0.3, 0.4) is 0 Å². The van der Waals surface area contributed by atoms with Crippen molar-refractivity contribution in [1.29, 1.82) is 0 Å². The van der Waals surface area contributed by atoms with Crippen molar-refractivity contribution in [3.63, 3.8) is 0 Å². The number of aryl methyl sites for hydroxylation is 1. The highest BCUT2D eigenvalue weighted by Crippen LogP contribution is 2.35. The molecule has 27 heavy (non-hydrogen) atoms. The van der Waals surface area contributed by atoms with Crippen molar-refractivity contribution in [3.8, 4) is 17.0 Å². The van der Waals surface area contributed by atoms with Crippen molar-refractivity contribution >= 4 is 49.6 Å². The maximum absolute atomic E-state index is 12.7. The summed E-state index contributed by atoms with van der Waals surface area (Å²) in [6.45, 7) is 1.91. The number of para-hydroxylation sites is 1. The third-order valence-electron chi connectivity index (χ3n) is 4.05. The van der Waals surface area contributed by atoms with Gasteiger partial charge in [0, 0.05) is 22.0 Å².